The van der Waals surface area contributed by atoms with E-state index in [0.29, 0.717) is 0 Å². The van der Waals surface area contributed by atoms with Crippen molar-refractivity contribution in [1.82, 2.24) is 5.32 Å². The van der Waals surface area contributed by atoms with Crippen LogP contribution >= 0.6 is 11.6 Å². The summed E-state index contributed by atoms with van der Waals surface area (Å²) in [5.41, 5.74) is 2.89. The van der Waals surface area contributed by atoms with Crippen molar-refractivity contribution in [2.24, 2.45) is 0 Å². The van der Waals surface area contributed by atoms with Crippen LogP contribution in [0, 0.1) is 0 Å². The molecule has 1 atom stereocenters. The lowest BCUT2D eigenvalue weighted by Gasteiger charge is -2.23. The van der Waals surface area contributed by atoms with E-state index in [9.17, 15) is 4.79 Å². The van der Waals surface area contributed by atoms with Gasteiger partial charge in [0.05, 0.1) is 11.6 Å². The van der Waals surface area contributed by atoms with E-state index in [1.165, 1.54) is 5.56 Å². The Morgan fingerprint density at radius 1 is 1.19 bits per heavy atom. The minimum atomic E-state index is -0.00564. The monoisotopic (exact) mass is 300 g/mol. The highest BCUT2D eigenvalue weighted by Gasteiger charge is 2.24. The number of nitrogens with zero attached hydrogens (tertiary/aromatic N) is 1. The summed E-state index contributed by atoms with van der Waals surface area (Å²) in [6, 6.07) is 15.6. The molecule has 0 spiro atoms. The molecule has 4 heteroatoms. The molecule has 21 heavy (non-hydrogen) atoms. The Morgan fingerprint density at radius 3 is 2.67 bits per heavy atom. The van der Waals surface area contributed by atoms with Gasteiger partial charge in [0, 0.05) is 24.3 Å². The summed E-state index contributed by atoms with van der Waals surface area (Å²) in [6.45, 7) is 0.783. The van der Waals surface area contributed by atoms with E-state index in [0.717, 1.165) is 29.2 Å². The normalized spacial score (nSPS) is 17.9. The van der Waals surface area contributed by atoms with Crippen molar-refractivity contribution in [3.8, 4) is 0 Å². The van der Waals surface area contributed by atoms with Crippen LogP contribution in [-0.2, 0) is 6.42 Å². The Balaban J connectivity index is 1.81. The Labute approximate surface area is 129 Å². The molecule has 0 saturated heterocycles. The molecule has 0 bridgehead atoms. The number of para-hydroxylation sites is 1. The van der Waals surface area contributed by atoms with Gasteiger partial charge in [-0.15, -0.1) is 0 Å². The van der Waals surface area contributed by atoms with Gasteiger partial charge < -0.3 is 10.2 Å². The molecule has 0 aliphatic carbocycles. The predicted molar refractivity (Wildman–Crippen MR) is 86.1 cm³/mol. The SMILES string of the molecule is CN1C[C@H](Cc2ccc(Cl)cc2)NC(=O)c2ccccc21. The quantitative estimate of drug-likeness (QED) is 0.924. The average Bonchev–Trinajstić information content (AvgIpc) is 2.60. The van der Waals surface area contributed by atoms with Crippen LogP contribution in [0.25, 0.3) is 0 Å². The van der Waals surface area contributed by atoms with E-state index < -0.39 is 0 Å². The number of benzene rings is 2. The fourth-order valence-electron chi connectivity index (χ4n) is 2.76. The molecule has 0 unspecified atom stereocenters. The number of fused-ring (bicyclic) bond motifs is 1. The van der Waals surface area contributed by atoms with Gasteiger partial charge in [-0.2, -0.15) is 0 Å². The standard InChI is InChI=1S/C17H17ClN2O/c1-20-11-14(10-12-6-8-13(18)9-7-12)19-17(21)15-4-2-3-5-16(15)20/h2-9,14H,10-11H2,1H3,(H,19,21)/t14-/m0/s1. The number of anilines is 1. The molecule has 1 N–H and O–H groups in total. The molecule has 3 rings (SSSR count). The fraction of sp³-hybridized carbons (Fsp3) is 0.235. The fourth-order valence-corrected chi connectivity index (χ4v) is 2.88. The van der Waals surface area contributed by atoms with E-state index in [-0.39, 0.29) is 11.9 Å². The molecular formula is C17H17ClN2O. The van der Waals surface area contributed by atoms with Crippen molar-refractivity contribution in [2.45, 2.75) is 12.5 Å². The molecule has 0 aromatic heterocycles. The molecular weight excluding hydrogens is 284 g/mol. The first-order valence-corrected chi connectivity index (χ1v) is 7.37. The van der Waals surface area contributed by atoms with Gasteiger partial charge in [0.1, 0.15) is 0 Å². The van der Waals surface area contributed by atoms with Crippen molar-refractivity contribution >= 4 is 23.2 Å². The van der Waals surface area contributed by atoms with Crippen LogP contribution in [0.1, 0.15) is 15.9 Å². The lowest BCUT2D eigenvalue weighted by atomic mass is 10.1. The molecule has 2 aromatic carbocycles. The van der Waals surface area contributed by atoms with Crippen LogP contribution < -0.4 is 10.2 Å². The number of nitrogens with one attached hydrogen (secondary N) is 1. The smallest absolute Gasteiger partial charge is 0.253 e. The second-order valence-electron chi connectivity index (χ2n) is 5.40. The van der Waals surface area contributed by atoms with E-state index in [2.05, 4.69) is 10.2 Å². The average molecular weight is 301 g/mol. The molecule has 0 fully saturated rings. The lowest BCUT2D eigenvalue weighted by molar-refractivity contribution is 0.0942. The summed E-state index contributed by atoms with van der Waals surface area (Å²) in [5.74, 6) is -0.00564. The minimum absolute atomic E-state index is 0.00564. The first kappa shape index (κ1) is 14.0. The van der Waals surface area contributed by atoms with Crippen molar-refractivity contribution in [2.75, 3.05) is 18.5 Å². The zero-order chi connectivity index (χ0) is 14.8. The van der Waals surface area contributed by atoms with E-state index in [1.807, 2.05) is 55.6 Å². The minimum Gasteiger partial charge on any atom is -0.372 e. The highest BCUT2D eigenvalue weighted by molar-refractivity contribution is 6.30. The van der Waals surface area contributed by atoms with Crippen molar-refractivity contribution in [1.29, 1.82) is 0 Å². The third kappa shape index (κ3) is 3.03. The van der Waals surface area contributed by atoms with Gasteiger partial charge in [-0.25, -0.2) is 0 Å². The lowest BCUT2D eigenvalue weighted by Crippen LogP contribution is -2.41. The first-order valence-electron chi connectivity index (χ1n) is 6.99. The summed E-state index contributed by atoms with van der Waals surface area (Å²) < 4.78 is 0. The van der Waals surface area contributed by atoms with E-state index in [4.69, 9.17) is 11.6 Å². The number of rotatable bonds is 2. The Kier molecular flexibility index (Phi) is 3.84. The molecule has 0 radical (unpaired) electrons. The molecule has 1 amide bonds. The highest BCUT2D eigenvalue weighted by atomic mass is 35.5. The van der Waals surface area contributed by atoms with E-state index >= 15 is 0 Å². The van der Waals surface area contributed by atoms with Gasteiger partial charge in [-0.05, 0) is 36.2 Å². The topological polar surface area (TPSA) is 32.3 Å². The number of hydrogen-bond acceptors (Lipinski definition) is 2. The number of likely N-dealkylation sites (N-methyl/N-ethyl adjacent to an activating group) is 1. The van der Waals surface area contributed by atoms with Crippen molar-refractivity contribution < 1.29 is 4.79 Å². The van der Waals surface area contributed by atoms with E-state index in [1.54, 1.807) is 0 Å². The van der Waals surface area contributed by atoms with Crippen molar-refractivity contribution in [3.05, 3.63) is 64.7 Å². The van der Waals surface area contributed by atoms with Crippen molar-refractivity contribution in [3.63, 3.8) is 0 Å². The molecule has 1 aliphatic rings. The number of amides is 1. The predicted octanol–water partition coefficient (Wildman–Crippen LogP) is 3.13. The highest BCUT2D eigenvalue weighted by Crippen LogP contribution is 2.23. The summed E-state index contributed by atoms with van der Waals surface area (Å²) in [7, 11) is 2.02. The maximum absolute atomic E-state index is 12.3. The summed E-state index contributed by atoms with van der Waals surface area (Å²) in [4.78, 5) is 14.5. The van der Waals surface area contributed by atoms with Gasteiger partial charge in [0.15, 0.2) is 0 Å². The van der Waals surface area contributed by atoms with Gasteiger partial charge in [0.2, 0.25) is 0 Å². The number of carbonyl (C=O) groups is 1. The second-order valence-corrected chi connectivity index (χ2v) is 5.84. The largest absolute Gasteiger partial charge is 0.372 e. The first-order chi connectivity index (χ1) is 10.1. The van der Waals surface area contributed by atoms with Crippen LogP contribution in [0.2, 0.25) is 5.02 Å². The molecule has 108 valence electrons. The van der Waals surface area contributed by atoms with Gasteiger partial charge in [0.25, 0.3) is 5.91 Å². The molecule has 0 saturated carbocycles. The zero-order valence-corrected chi connectivity index (χ0v) is 12.6. The summed E-state index contributed by atoms with van der Waals surface area (Å²) in [6.07, 6.45) is 0.793. The number of carbonyl (C=O) groups excluding carboxylic acids is 1. The summed E-state index contributed by atoms with van der Waals surface area (Å²) in [5, 5.41) is 3.84. The maximum atomic E-state index is 12.3. The number of halogens is 1. The van der Waals surface area contributed by atoms with Gasteiger partial charge >= 0.3 is 0 Å². The third-order valence-corrected chi connectivity index (χ3v) is 4.04. The van der Waals surface area contributed by atoms with Crippen LogP contribution in [0.15, 0.2) is 48.5 Å². The Hall–Kier alpha value is -2.00. The maximum Gasteiger partial charge on any atom is 0.253 e. The van der Waals surface area contributed by atoms with Crippen LogP contribution in [0.3, 0.4) is 0 Å². The van der Waals surface area contributed by atoms with Gasteiger partial charge in [-0.3, -0.25) is 4.79 Å². The zero-order valence-electron chi connectivity index (χ0n) is 11.8. The van der Waals surface area contributed by atoms with Gasteiger partial charge in [-0.1, -0.05) is 35.9 Å². The molecule has 2 aromatic rings. The van der Waals surface area contributed by atoms with Crippen LogP contribution in [-0.4, -0.2) is 25.5 Å². The van der Waals surface area contributed by atoms with Crippen LogP contribution in [0.4, 0.5) is 5.69 Å². The third-order valence-electron chi connectivity index (χ3n) is 3.78. The number of hydrogen-bond donors (Lipinski definition) is 1. The molecule has 1 heterocycles. The Bertz CT molecular complexity index is 654. The molecule has 1 aliphatic heterocycles. The molecule has 3 nitrogen and oxygen atoms in total. The second kappa shape index (κ2) is 5.78. The summed E-state index contributed by atoms with van der Waals surface area (Å²) >= 11 is 5.91. The Morgan fingerprint density at radius 2 is 1.90 bits per heavy atom. The van der Waals surface area contributed by atoms with Crippen LogP contribution in [0.5, 0.6) is 0 Å².